The number of urea groups is 1. The highest BCUT2D eigenvalue weighted by atomic mass is 35.5. The van der Waals surface area contributed by atoms with Crippen LogP contribution in [0.5, 0.6) is 0 Å². The summed E-state index contributed by atoms with van der Waals surface area (Å²) < 4.78 is 13.4. The number of hydrogen-bond acceptors (Lipinski definition) is 4. The Morgan fingerprint density at radius 2 is 1.92 bits per heavy atom. The second kappa shape index (κ2) is 10.6. The van der Waals surface area contributed by atoms with Crippen LogP contribution in [0.2, 0.25) is 0 Å². The van der Waals surface area contributed by atoms with Crippen LogP contribution < -0.4 is 10.6 Å². The molecule has 1 aromatic rings. The number of halogens is 2. The Bertz CT molecular complexity index is 586. The van der Waals surface area contributed by atoms with Crippen molar-refractivity contribution in [2.24, 2.45) is 0 Å². The first kappa shape index (κ1) is 21.8. The predicted octanol–water partition coefficient (Wildman–Crippen LogP) is 2.08. The molecule has 1 aromatic carbocycles. The maximum atomic E-state index is 13.4. The highest BCUT2D eigenvalue weighted by Gasteiger charge is 2.24. The molecule has 0 saturated heterocycles. The minimum Gasteiger partial charge on any atom is -0.480 e. The van der Waals surface area contributed by atoms with Crippen LogP contribution in [-0.2, 0) is 9.59 Å². The number of rotatable bonds is 7. The average molecular weight is 362 g/mol. The zero-order valence-corrected chi connectivity index (χ0v) is 14.2. The molecule has 1 unspecified atom stereocenters. The third-order valence-electron chi connectivity index (χ3n) is 3.14. The van der Waals surface area contributed by atoms with Crippen LogP contribution in [0.15, 0.2) is 24.3 Å². The van der Waals surface area contributed by atoms with E-state index in [1.165, 1.54) is 30.0 Å². The van der Waals surface area contributed by atoms with Gasteiger partial charge in [-0.3, -0.25) is 19.8 Å². The Balaban J connectivity index is 0.00000529. The quantitative estimate of drug-likeness (QED) is 0.690. The zero-order chi connectivity index (χ0) is 17.4. The lowest BCUT2D eigenvalue weighted by Gasteiger charge is -2.25. The summed E-state index contributed by atoms with van der Waals surface area (Å²) in [5.74, 6) is -2.34. The minimum atomic E-state index is -1.06. The molecule has 134 valence electrons. The number of benzene rings is 1. The number of carbonyl (C=O) groups excluding carboxylic acids is 2. The van der Waals surface area contributed by atoms with Crippen LogP contribution in [0.3, 0.4) is 0 Å². The standard InChI is InChI=1S/C15H20FN3O4.ClH/c1-3-8-19(9-13(20)21)10(2)14(22)18-15(23)17-12-7-5-4-6-11(12)16;/h4-7,10H,3,8-9H2,1-2H3,(H,20,21)(H2,17,18,22,23);1H. The van der Waals surface area contributed by atoms with E-state index in [-0.39, 0.29) is 24.6 Å². The van der Waals surface area contributed by atoms with Gasteiger partial charge in [0.05, 0.1) is 18.3 Å². The lowest BCUT2D eigenvalue weighted by atomic mass is 10.2. The molecular formula is C15H21ClFN3O4. The molecule has 0 aliphatic carbocycles. The van der Waals surface area contributed by atoms with Gasteiger partial charge in [0.2, 0.25) is 5.91 Å². The number of aliphatic carboxylic acids is 1. The van der Waals surface area contributed by atoms with E-state index >= 15 is 0 Å². The highest BCUT2D eigenvalue weighted by molar-refractivity contribution is 6.02. The molecule has 0 saturated carbocycles. The van der Waals surface area contributed by atoms with Crippen molar-refractivity contribution in [3.05, 3.63) is 30.1 Å². The summed E-state index contributed by atoms with van der Waals surface area (Å²) in [6.45, 7) is 3.45. The number of nitrogens with one attached hydrogen (secondary N) is 2. The van der Waals surface area contributed by atoms with E-state index in [1.807, 2.05) is 6.92 Å². The number of hydrogen-bond donors (Lipinski definition) is 3. The molecule has 0 aromatic heterocycles. The summed E-state index contributed by atoms with van der Waals surface area (Å²) in [5, 5.41) is 13.2. The van der Waals surface area contributed by atoms with E-state index in [1.54, 1.807) is 6.07 Å². The summed E-state index contributed by atoms with van der Waals surface area (Å²) in [6, 6.07) is 3.86. The van der Waals surface area contributed by atoms with Crippen LogP contribution in [-0.4, -0.2) is 47.0 Å². The number of carboxylic acids is 1. The first-order valence-corrected chi connectivity index (χ1v) is 7.17. The van der Waals surface area contributed by atoms with Gasteiger partial charge >= 0.3 is 12.0 Å². The monoisotopic (exact) mass is 361 g/mol. The smallest absolute Gasteiger partial charge is 0.326 e. The Morgan fingerprint density at radius 3 is 2.46 bits per heavy atom. The molecule has 0 aliphatic rings. The Labute approximate surface area is 145 Å². The lowest BCUT2D eigenvalue weighted by Crippen LogP contribution is -2.49. The molecule has 0 aliphatic heterocycles. The van der Waals surface area contributed by atoms with E-state index in [4.69, 9.17) is 5.11 Å². The van der Waals surface area contributed by atoms with Crippen LogP contribution in [0, 0.1) is 5.82 Å². The normalized spacial score (nSPS) is 11.3. The number of carbonyl (C=O) groups is 3. The first-order chi connectivity index (χ1) is 10.8. The number of para-hydroxylation sites is 1. The molecule has 0 fully saturated rings. The van der Waals surface area contributed by atoms with Gasteiger partial charge < -0.3 is 10.4 Å². The van der Waals surface area contributed by atoms with E-state index in [0.717, 1.165) is 0 Å². The van der Waals surface area contributed by atoms with Gasteiger partial charge in [0.25, 0.3) is 0 Å². The Kier molecular flexibility index (Phi) is 9.60. The molecule has 1 rings (SSSR count). The van der Waals surface area contributed by atoms with Gasteiger partial charge in [0, 0.05) is 0 Å². The van der Waals surface area contributed by atoms with E-state index in [9.17, 15) is 18.8 Å². The SMILES string of the molecule is CCCN(CC(=O)O)C(C)C(=O)NC(=O)Nc1ccccc1F.Cl. The van der Waals surface area contributed by atoms with Gasteiger partial charge in [-0.2, -0.15) is 0 Å². The van der Waals surface area contributed by atoms with Gasteiger partial charge in [0.15, 0.2) is 0 Å². The van der Waals surface area contributed by atoms with Crippen molar-refractivity contribution in [1.29, 1.82) is 0 Å². The maximum absolute atomic E-state index is 13.4. The van der Waals surface area contributed by atoms with Gasteiger partial charge in [-0.25, -0.2) is 9.18 Å². The molecule has 24 heavy (non-hydrogen) atoms. The highest BCUT2D eigenvalue weighted by Crippen LogP contribution is 2.12. The van der Waals surface area contributed by atoms with Crippen LogP contribution in [0.4, 0.5) is 14.9 Å². The third-order valence-corrected chi connectivity index (χ3v) is 3.14. The molecule has 3 amide bonds. The van der Waals surface area contributed by atoms with Gasteiger partial charge in [-0.1, -0.05) is 19.1 Å². The number of carboxylic acid groups (broad SMARTS) is 1. The minimum absolute atomic E-state index is 0. The molecule has 0 heterocycles. The fourth-order valence-electron chi connectivity index (χ4n) is 1.97. The summed E-state index contributed by atoms with van der Waals surface area (Å²) >= 11 is 0. The van der Waals surface area contributed by atoms with Gasteiger partial charge in [-0.05, 0) is 32.0 Å². The van der Waals surface area contributed by atoms with Crippen molar-refractivity contribution < 1.29 is 23.9 Å². The van der Waals surface area contributed by atoms with Crippen LogP contribution in [0.1, 0.15) is 20.3 Å². The van der Waals surface area contributed by atoms with Crippen molar-refractivity contribution in [2.75, 3.05) is 18.4 Å². The number of imide groups is 1. The molecule has 0 radical (unpaired) electrons. The largest absolute Gasteiger partial charge is 0.480 e. The van der Waals surface area contributed by atoms with Crippen molar-refractivity contribution in [3.63, 3.8) is 0 Å². The first-order valence-electron chi connectivity index (χ1n) is 7.17. The third kappa shape index (κ3) is 6.93. The van der Waals surface area contributed by atoms with E-state index in [2.05, 4.69) is 10.6 Å². The van der Waals surface area contributed by atoms with Crippen molar-refractivity contribution in [3.8, 4) is 0 Å². The van der Waals surface area contributed by atoms with Crippen molar-refractivity contribution in [2.45, 2.75) is 26.3 Å². The van der Waals surface area contributed by atoms with E-state index < -0.39 is 29.8 Å². The number of anilines is 1. The summed E-state index contributed by atoms with van der Waals surface area (Å²) in [6.07, 6.45) is 0.659. The molecule has 0 bridgehead atoms. The topological polar surface area (TPSA) is 98.7 Å². The number of amides is 3. The molecule has 0 spiro atoms. The molecule has 9 heteroatoms. The predicted molar refractivity (Wildman–Crippen MR) is 89.8 cm³/mol. The van der Waals surface area contributed by atoms with Crippen molar-refractivity contribution in [1.82, 2.24) is 10.2 Å². The van der Waals surface area contributed by atoms with Gasteiger partial charge in [0.1, 0.15) is 5.82 Å². The lowest BCUT2D eigenvalue weighted by molar-refractivity contribution is -0.139. The van der Waals surface area contributed by atoms with Crippen molar-refractivity contribution >= 4 is 36.0 Å². The summed E-state index contributed by atoms with van der Waals surface area (Å²) in [4.78, 5) is 36.0. The second-order valence-electron chi connectivity index (χ2n) is 4.96. The molecule has 7 nitrogen and oxygen atoms in total. The molecular weight excluding hydrogens is 341 g/mol. The maximum Gasteiger partial charge on any atom is 0.326 e. The van der Waals surface area contributed by atoms with Gasteiger partial charge in [-0.15, -0.1) is 12.4 Å². The summed E-state index contributed by atoms with van der Waals surface area (Å²) in [7, 11) is 0. The number of nitrogens with zero attached hydrogens (tertiary/aromatic N) is 1. The molecule has 3 N–H and O–H groups in total. The average Bonchev–Trinajstić information content (AvgIpc) is 2.48. The fourth-order valence-corrected chi connectivity index (χ4v) is 1.97. The second-order valence-corrected chi connectivity index (χ2v) is 4.96. The Morgan fingerprint density at radius 1 is 1.29 bits per heavy atom. The zero-order valence-electron chi connectivity index (χ0n) is 13.4. The van der Waals surface area contributed by atoms with Crippen LogP contribution in [0.25, 0.3) is 0 Å². The molecule has 1 atom stereocenters. The Hall–Kier alpha value is -2.19. The summed E-state index contributed by atoms with van der Waals surface area (Å²) in [5.41, 5.74) is -0.0543. The van der Waals surface area contributed by atoms with E-state index in [0.29, 0.717) is 13.0 Å². The van der Waals surface area contributed by atoms with Crippen LogP contribution >= 0.6 is 12.4 Å². The fraction of sp³-hybridized carbons (Fsp3) is 0.400.